The van der Waals surface area contributed by atoms with E-state index in [1.807, 2.05) is 48.2 Å². The fourth-order valence-corrected chi connectivity index (χ4v) is 4.11. The zero-order valence-electron chi connectivity index (χ0n) is 16.4. The van der Waals surface area contributed by atoms with Crippen LogP contribution in [0.4, 0.5) is 0 Å². The number of carbonyl (C=O) groups excluding carboxylic acids is 1. The molecule has 4 nitrogen and oxygen atoms in total. The molecule has 0 N–H and O–H groups in total. The van der Waals surface area contributed by atoms with Gasteiger partial charge in [0, 0.05) is 5.41 Å². The Balaban J connectivity index is 1.82. The van der Waals surface area contributed by atoms with Crippen molar-refractivity contribution in [1.82, 2.24) is 4.90 Å². The molecule has 0 aliphatic carbocycles. The Morgan fingerprint density at radius 3 is 1.96 bits per heavy atom. The molecule has 0 saturated carbocycles. The molecule has 142 valence electrons. The van der Waals surface area contributed by atoms with Crippen molar-refractivity contribution in [3.05, 3.63) is 71.8 Å². The van der Waals surface area contributed by atoms with E-state index >= 15 is 0 Å². The van der Waals surface area contributed by atoms with Gasteiger partial charge in [0.2, 0.25) is 0 Å². The second-order valence-corrected chi connectivity index (χ2v) is 8.55. The summed E-state index contributed by atoms with van der Waals surface area (Å²) < 4.78 is 12.5. The smallest absolute Gasteiger partial charge is 0.255 e. The number of morpholine rings is 1. The highest BCUT2D eigenvalue weighted by molar-refractivity contribution is 5.84. The molecule has 0 unspecified atom stereocenters. The van der Waals surface area contributed by atoms with Gasteiger partial charge >= 0.3 is 0 Å². The minimum absolute atomic E-state index is 0.00224. The highest BCUT2D eigenvalue weighted by atomic mass is 16.8. The normalized spacial score (nSPS) is 28.0. The highest BCUT2D eigenvalue weighted by Crippen LogP contribution is 2.48. The fourth-order valence-electron chi connectivity index (χ4n) is 4.11. The first-order valence-electron chi connectivity index (χ1n) is 9.58. The number of benzene rings is 2. The number of amides is 1. The van der Waals surface area contributed by atoms with Crippen molar-refractivity contribution in [2.45, 2.75) is 51.7 Å². The molecule has 0 spiro atoms. The zero-order valence-corrected chi connectivity index (χ0v) is 16.4. The maximum Gasteiger partial charge on any atom is 0.255 e. The predicted octanol–water partition coefficient (Wildman–Crippen LogP) is 4.16. The molecule has 3 atom stereocenters. The molecule has 2 aliphatic rings. The molecule has 27 heavy (non-hydrogen) atoms. The van der Waals surface area contributed by atoms with Gasteiger partial charge < -0.3 is 14.4 Å². The SMILES string of the molecule is C[C@H]1O[C@]2(C(C)(C)C)CN(C(c3ccccc3)c3ccccc3)C(=O)[C@@H]1O2. The van der Waals surface area contributed by atoms with E-state index in [1.54, 1.807) is 0 Å². The van der Waals surface area contributed by atoms with E-state index in [1.165, 1.54) is 0 Å². The average Bonchev–Trinajstić information content (AvgIpc) is 2.95. The number of carbonyl (C=O) groups is 1. The average molecular weight is 365 g/mol. The van der Waals surface area contributed by atoms with Gasteiger partial charge in [0.1, 0.15) is 0 Å². The summed E-state index contributed by atoms with van der Waals surface area (Å²) >= 11 is 0. The molecule has 2 heterocycles. The van der Waals surface area contributed by atoms with Crippen LogP contribution in [0.3, 0.4) is 0 Å². The van der Waals surface area contributed by atoms with Crippen LogP contribution in [0.15, 0.2) is 60.7 Å². The van der Waals surface area contributed by atoms with Gasteiger partial charge in [-0.2, -0.15) is 0 Å². The molecule has 0 aromatic heterocycles. The lowest BCUT2D eigenvalue weighted by atomic mass is 9.83. The largest absolute Gasteiger partial charge is 0.341 e. The van der Waals surface area contributed by atoms with Crippen molar-refractivity contribution in [2.24, 2.45) is 5.41 Å². The fraction of sp³-hybridized carbons (Fsp3) is 0.435. The van der Waals surface area contributed by atoms with Crippen LogP contribution in [0.2, 0.25) is 0 Å². The van der Waals surface area contributed by atoms with E-state index < -0.39 is 11.9 Å². The lowest BCUT2D eigenvalue weighted by molar-refractivity contribution is -0.259. The number of hydrogen-bond donors (Lipinski definition) is 0. The van der Waals surface area contributed by atoms with Crippen LogP contribution in [0.25, 0.3) is 0 Å². The highest BCUT2D eigenvalue weighted by Gasteiger charge is 2.61. The van der Waals surface area contributed by atoms with Gasteiger partial charge in [-0.25, -0.2) is 0 Å². The van der Waals surface area contributed by atoms with Crippen molar-refractivity contribution < 1.29 is 14.3 Å². The second kappa shape index (κ2) is 6.47. The van der Waals surface area contributed by atoms with Crippen LogP contribution in [-0.2, 0) is 14.3 Å². The number of nitrogens with zero attached hydrogens (tertiary/aromatic N) is 1. The number of ether oxygens (including phenoxy) is 2. The number of hydrogen-bond acceptors (Lipinski definition) is 3. The Morgan fingerprint density at radius 1 is 0.963 bits per heavy atom. The molecule has 2 bridgehead atoms. The molecule has 2 fully saturated rings. The van der Waals surface area contributed by atoms with Crippen LogP contribution >= 0.6 is 0 Å². The lowest BCUT2D eigenvalue weighted by Crippen LogP contribution is -2.60. The summed E-state index contributed by atoms with van der Waals surface area (Å²) in [4.78, 5) is 15.3. The summed E-state index contributed by atoms with van der Waals surface area (Å²) in [5, 5.41) is 0. The minimum atomic E-state index is -0.799. The summed E-state index contributed by atoms with van der Waals surface area (Å²) in [5.41, 5.74) is 1.93. The van der Waals surface area contributed by atoms with Gasteiger partial charge in [-0.3, -0.25) is 4.79 Å². The van der Waals surface area contributed by atoms with Crippen LogP contribution in [0.5, 0.6) is 0 Å². The lowest BCUT2D eigenvalue weighted by Gasteiger charge is -2.47. The maximum atomic E-state index is 13.4. The minimum Gasteiger partial charge on any atom is -0.341 e. The summed E-state index contributed by atoms with van der Waals surface area (Å²) in [6, 6.07) is 20.2. The van der Waals surface area contributed by atoms with Crippen molar-refractivity contribution in [2.75, 3.05) is 6.54 Å². The molecule has 2 aromatic rings. The Bertz CT molecular complexity index is 775. The maximum absolute atomic E-state index is 13.4. The molecule has 2 aliphatic heterocycles. The molecule has 1 amide bonds. The zero-order chi connectivity index (χ0) is 19.2. The van der Waals surface area contributed by atoms with Gasteiger partial charge in [0.25, 0.3) is 5.91 Å². The van der Waals surface area contributed by atoms with E-state index in [0.717, 1.165) is 11.1 Å². The topological polar surface area (TPSA) is 38.8 Å². The van der Waals surface area contributed by atoms with Gasteiger partial charge in [-0.1, -0.05) is 81.4 Å². The summed E-state index contributed by atoms with van der Waals surface area (Å²) in [5.74, 6) is -0.801. The summed E-state index contributed by atoms with van der Waals surface area (Å²) in [6.07, 6.45) is -0.818. The number of fused-ring (bicyclic) bond motifs is 2. The van der Waals surface area contributed by atoms with E-state index in [9.17, 15) is 4.79 Å². The Kier molecular flexibility index (Phi) is 4.36. The van der Waals surface area contributed by atoms with Crippen molar-refractivity contribution >= 4 is 5.91 Å². The molecule has 2 saturated heterocycles. The van der Waals surface area contributed by atoms with Gasteiger partial charge in [-0.15, -0.1) is 0 Å². The third-order valence-electron chi connectivity index (χ3n) is 5.71. The van der Waals surface area contributed by atoms with Gasteiger partial charge in [-0.05, 0) is 18.1 Å². The third kappa shape index (κ3) is 2.97. The third-order valence-corrected chi connectivity index (χ3v) is 5.71. The van der Waals surface area contributed by atoms with Crippen molar-refractivity contribution in [1.29, 1.82) is 0 Å². The molecular formula is C23H27NO3. The number of rotatable bonds is 3. The molecule has 0 radical (unpaired) electrons. The first-order chi connectivity index (χ1) is 12.8. The Hall–Kier alpha value is -2.17. The van der Waals surface area contributed by atoms with E-state index in [4.69, 9.17) is 9.47 Å². The van der Waals surface area contributed by atoms with Gasteiger partial charge in [0.15, 0.2) is 11.9 Å². The first-order valence-corrected chi connectivity index (χ1v) is 9.58. The van der Waals surface area contributed by atoms with Crippen LogP contribution in [0.1, 0.15) is 44.9 Å². The molecular weight excluding hydrogens is 338 g/mol. The first kappa shape index (κ1) is 18.2. The van der Waals surface area contributed by atoms with E-state index in [-0.39, 0.29) is 23.5 Å². The van der Waals surface area contributed by atoms with Crippen molar-refractivity contribution in [3.8, 4) is 0 Å². The Labute approximate surface area is 161 Å². The standard InChI is InChI=1S/C23H27NO3/c1-16-20-21(25)24(15-23(26-16,27-20)22(2,3)4)19(17-11-7-5-8-12-17)18-13-9-6-10-14-18/h5-14,16,19-20H,15H2,1-4H3/t16-,20-,23-/m1/s1. The molecule has 4 heteroatoms. The van der Waals surface area contributed by atoms with Crippen LogP contribution < -0.4 is 0 Å². The van der Waals surface area contributed by atoms with Crippen LogP contribution in [0, 0.1) is 5.41 Å². The van der Waals surface area contributed by atoms with Gasteiger partial charge in [0.05, 0.1) is 18.7 Å². The van der Waals surface area contributed by atoms with Crippen molar-refractivity contribution in [3.63, 3.8) is 0 Å². The molecule has 4 rings (SSSR count). The Morgan fingerprint density at radius 2 is 1.48 bits per heavy atom. The molecule has 2 aromatic carbocycles. The monoisotopic (exact) mass is 365 g/mol. The quantitative estimate of drug-likeness (QED) is 0.820. The second-order valence-electron chi connectivity index (χ2n) is 8.55. The van der Waals surface area contributed by atoms with E-state index in [2.05, 4.69) is 45.0 Å². The predicted molar refractivity (Wildman–Crippen MR) is 104 cm³/mol. The van der Waals surface area contributed by atoms with E-state index in [0.29, 0.717) is 6.54 Å². The summed E-state index contributed by atoms with van der Waals surface area (Å²) in [7, 11) is 0. The van der Waals surface area contributed by atoms with Crippen LogP contribution in [-0.4, -0.2) is 35.3 Å². The summed E-state index contributed by atoms with van der Waals surface area (Å²) in [6.45, 7) is 8.66.